The molecule has 0 aromatic heterocycles. The first kappa shape index (κ1) is 14.9. The molecule has 0 bridgehead atoms. The quantitative estimate of drug-likeness (QED) is 0.923. The summed E-state index contributed by atoms with van der Waals surface area (Å²) in [6, 6.07) is 3.86. The van der Waals surface area contributed by atoms with Crippen LogP contribution in [0.3, 0.4) is 0 Å². The van der Waals surface area contributed by atoms with Crippen LogP contribution >= 0.6 is 0 Å². The maximum absolute atomic E-state index is 13.2. The molecule has 2 atom stereocenters. The van der Waals surface area contributed by atoms with Crippen LogP contribution < -0.4 is 0 Å². The first-order valence-corrected chi connectivity index (χ1v) is 7.84. The van der Waals surface area contributed by atoms with Crippen LogP contribution in [-0.4, -0.2) is 23.4 Å². The minimum absolute atomic E-state index is 0.0298. The van der Waals surface area contributed by atoms with Gasteiger partial charge in [0.2, 0.25) is 0 Å². The smallest absolute Gasteiger partial charge is 0.159 e. The van der Waals surface area contributed by atoms with E-state index in [1.807, 2.05) is 0 Å². The maximum atomic E-state index is 13.2. The summed E-state index contributed by atoms with van der Waals surface area (Å²) in [5.74, 6) is -1.51. The zero-order chi connectivity index (χ0) is 14.9. The zero-order valence-electron chi connectivity index (χ0n) is 12.2. The van der Waals surface area contributed by atoms with Gasteiger partial charge in [0.1, 0.15) is 0 Å². The summed E-state index contributed by atoms with van der Waals surface area (Å²) in [4.78, 5) is 0. The van der Waals surface area contributed by atoms with Gasteiger partial charge < -0.3 is 9.84 Å². The molecular weight excluding hydrogens is 274 g/mol. The van der Waals surface area contributed by atoms with Gasteiger partial charge >= 0.3 is 0 Å². The lowest BCUT2D eigenvalue weighted by atomic mass is 9.80. The summed E-state index contributed by atoms with van der Waals surface area (Å²) in [5, 5.41) is 10.5. The number of benzene rings is 1. The Labute approximate surface area is 124 Å². The lowest BCUT2D eigenvalue weighted by Crippen LogP contribution is -2.41. The first-order valence-electron chi connectivity index (χ1n) is 7.84. The van der Waals surface area contributed by atoms with Gasteiger partial charge in [-0.15, -0.1) is 0 Å². The van der Waals surface area contributed by atoms with E-state index in [2.05, 4.69) is 0 Å². The third kappa shape index (κ3) is 3.27. The number of ether oxygens (including phenoxy) is 1. The highest BCUT2D eigenvalue weighted by molar-refractivity contribution is 5.18. The molecule has 1 N–H and O–H groups in total. The second kappa shape index (κ2) is 6.01. The molecule has 3 rings (SSSR count). The van der Waals surface area contributed by atoms with Crippen LogP contribution in [0, 0.1) is 17.6 Å². The third-order valence-corrected chi connectivity index (χ3v) is 5.02. The summed E-state index contributed by atoms with van der Waals surface area (Å²) >= 11 is 0. The van der Waals surface area contributed by atoms with E-state index in [9.17, 15) is 13.9 Å². The molecule has 1 aromatic carbocycles. The van der Waals surface area contributed by atoms with Crippen molar-refractivity contribution < 1.29 is 18.6 Å². The molecule has 1 saturated carbocycles. The predicted molar refractivity (Wildman–Crippen MR) is 75.9 cm³/mol. The second-order valence-electron chi connectivity index (χ2n) is 6.51. The average Bonchev–Trinajstić information content (AvgIpc) is 2.91. The molecule has 21 heavy (non-hydrogen) atoms. The Morgan fingerprint density at radius 2 is 2.00 bits per heavy atom. The van der Waals surface area contributed by atoms with Crippen molar-refractivity contribution in [2.45, 2.75) is 56.7 Å². The average molecular weight is 296 g/mol. The topological polar surface area (TPSA) is 29.5 Å². The van der Waals surface area contributed by atoms with Crippen molar-refractivity contribution in [3.8, 4) is 0 Å². The van der Waals surface area contributed by atoms with Crippen molar-refractivity contribution in [2.75, 3.05) is 6.61 Å². The molecule has 1 heterocycles. The largest absolute Gasteiger partial charge is 0.392 e. The highest BCUT2D eigenvalue weighted by Gasteiger charge is 2.41. The van der Waals surface area contributed by atoms with Gasteiger partial charge in [-0.25, -0.2) is 8.78 Å². The van der Waals surface area contributed by atoms with Crippen LogP contribution in [0.2, 0.25) is 0 Å². The summed E-state index contributed by atoms with van der Waals surface area (Å²) in [6.45, 7) is 0.694. The molecular formula is C17H22F2O2. The fraction of sp³-hybridized carbons (Fsp3) is 0.647. The molecule has 1 aliphatic carbocycles. The minimum atomic E-state index is -0.848. The molecule has 2 unspecified atom stereocenters. The first-order chi connectivity index (χ1) is 10.1. The Morgan fingerprint density at radius 3 is 2.71 bits per heavy atom. The Kier molecular flexibility index (Phi) is 4.27. The molecule has 0 amide bonds. The Morgan fingerprint density at radius 1 is 1.24 bits per heavy atom. The van der Waals surface area contributed by atoms with Crippen LogP contribution in [0.25, 0.3) is 0 Å². The Balaban J connectivity index is 1.64. The highest BCUT2D eigenvalue weighted by Crippen LogP contribution is 2.43. The number of aliphatic hydroxyl groups excluding tert-OH is 1. The van der Waals surface area contributed by atoms with E-state index in [-0.39, 0.29) is 11.5 Å². The Hall–Kier alpha value is -1.00. The standard InChI is InChI=1S/C17H22F2O2/c18-14-4-3-12(9-15(14)19)10-16(20)13-5-8-21-17(11-13)6-1-2-7-17/h3-4,9,13,16,20H,1-2,5-8,10-11H2. The lowest BCUT2D eigenvalue weighted by Gasteiger charge is -2.40. The number of hydrogen-bond donors (Lipinski definition) is 1. The van der Waals surface area contributed by atoms with Crippen LogP contribution in [-0.2, 0) is 11.2 Å². The van der Waals surface area contributed by atoms with Crippen molar-refractivity contribution in [3.63, 3.8) is 0 Å². The van der Waals surface area contributed by atoms with Gasteiger partial charge in [-0.1, -0.05) is 18.9 Å². The van der Waals surface area contributed by atoms with E-state index in [1.54, 1.807) is 6.07 Å². The van der Waals surface area contributed by atoms with E-state index < -0.39 is 17.7 Å². The summed E-state index contributed by atoms with van der Waals surface area (Å²) < 4.78 is 32.1. The van der Waals surface area contributed by atoms with Crippen molar-refractivity contribution in [1.82, 2.24) is 0 Å². The number of rotatable bonds is 3. The Bertz CT molecular complexity index is 498. The SMILES string of the molecule is OC(Cc1ccc(F)c(F)c1)C1CCOC2(CCCC2)C1. The molecule has 1 aromatic rings. The fourth-order valence-corrected chi connectivity index (χ4v) is 3.84. The van der Waals surface area contributed by atoms with Gasteiger partial charge in [-0.05, 0) is 55.7 Å². The minimum Gasteiger partial charge on any atom is -0.392 e. The number of hydrogen-bond acceptors (Lipinski definition) is 2. The van der Waals surface area contributed by atoms with Crippen molar-refractivity contribution in [2.24, 2.45) is 5.92 Å². The van der Waals surface area contributed by atoms with Crippen LogP contribution in [0.15, 0.2) is 18.2 Å². The molecule has 2 nitrogen and oxygen atoms in total. The highest BCUT2D eigenvalue weighted by atomic mass is 19.2. The van der Waals surface area contributed by atoms with E-state index in [1.165, 1.54) is 18.9 Å². The van der Waals surface area contributed by atoms with Crippen molar-refractivity contribution in [3.05, 3.63) is 35.4 Å². The van der Waals surface area contributed by atoms with Crippen LogP contribution in [0.5, 0.6) is 0 Å². The summed E-state index contributed by atoms with van der Waals surface area (Å²) in [5.41, 5.74) is 0.617. The predicted octanol–water partition coefficient (Wildman–Crippen LogP) is 3.61. The van der Waals surface area contributed by atoms with Gasteiger partial charge in [0.15, 0.2) is 11.6 Å². The third-order valence-electron chi connectivity index (χ3n) is 5.02. The lowest BCUT2D eigenvalue weighted by molar-refractivity contribution is -0.112. The number of halogens is 2. The van der Waals surface area contributed by atoms with Gasteiger partial charge in [0.05, 0.1) is 11.7 Å². The normalized spacial score (nSPS) is 26.1. The van der Waals surface area contributed by atoms with Gasteiger partial charge in [-0.2, -0.15) is 0 Å². The van der Waals surface area contributed by atoms with Gasteiger partial charge in [-0.3, -0.25) is 0 Å². The number of aliphatic hydroxyl groups is 1. The summed E-state index contributed by atoms with van der Waals surface area (Å²) in [6.07, 6.45) is 6.15. The van der Waals surface area contributed by atoms with E-state index in [0.717, 1.165) is 31.7 Å². The zero-order valence-corrected chi connectivity index (χ0v) is 12.2. The monoisotopic (exact) mass is 296 g/mol. The van der Waals surface area contributed by atoms with Crippen molar-refractivity contribution >= 4 is 0 Å². The fourth-order valence-electron chi connectivity index (χ4n) is 3.84. The molecule has 1 saturated heterocycles. The second-order valence-corrected chi connectivity index (χ2v) is 6.51. The molecule has 0 radical (unpaired) electrons. The summed E-state index contributed by atoms with van der Waals surface area (Å²) in [7, 11) is 0. The van der Waals surface area contributed by atoms with Crippen LogP contribution in [0.4, 0.5) is 8.78 Å². The molecule has 4 heteroatoms. The van der Waals surface area contributed by atoms with E-state index in [0.29, 0.717) is 18.6 Å². The molecule has 1 spiro atoms. The molecule has 2 fully saturated rings. The van der Waals surface area contributed by atoms with Gasteiger partial charge in [0.25, 0.3) is 0 Å². The molecule has 2 aliphatic rings. The van der Waals surface area contributed by atoms with Gasteiger partial charge in [0, 0.05) is 6.61 Å². The molecule has 1 aliphatic heterocycles. The molecule has 116 valence electrons. The maximum Gasteiger partial charge on any atom is 0.159 e. The van der Waals surface area contributed by atoms with Crippen LogP contribution in [0.1, 0.15) is 44.1 Å². The van der Waals surface area contributed by atoms with E-state index in [4.69, 9.17) is 4.74 Å². The van der Waals surface area contributed by atoms with Crippen molar-refractivity contribution in [1.29, 1.82) is 0 Å². The van der Waals surface area contributed by atoms with E-state index >= 15 is 0 Å².